The van der Waals surface area contributed by atoms with Crippen molar-refractivity contribution in [2.24, 2.45) is 5.73 Å². The van der Waals surface area contributed by atoms with E-state index in [2.05, 4.69) is 5.32 Å². The minimum Gasteiger partial charge on any atom is -0.366 e. The van der Waals surface area contributed by atoms with Crippen LogP contribution in [0.3, 0.4) is 0 Å². The standard InChI is InChI=1S/C13H19N3O2/c1-8-5-6-10(12(14)17)11(7-8)15-13(18)9(2)16(3)4/h5-7,9H,1-4H3,(H2,14,17)(H,15,18). The first-order chi connectivity index (χ1) is 8.32. The number of nitrogens with zero attached hydrogens (tertiary/aromatic N) is 1. The molecule has 3 N–H and O–H groups in total. The zero-order chi connectivity index (χ0) is 13.9. The van der Waals surface area contributed by atoms with E-state index >= 15 is 0 Å². The number of nitrogens with two attached hydrogens (primary N) is 1. The highest BCUT2D eigenvalue weighted by molar-refractivity contribution is 6.04. The Morgan fingerprint density at radius 2 is 1.94 bits per heavy atom. The van der Waals surface area contributed by atoms with Crippen LogP contribution in [-0.4, -0.2) is 36.9 Å². The van der Waals surface area contributed by atoms with Gasteiger partial charge in [-0.3, -0.25) is 14.5 Å². The van der Waals surface area contributed by atoms with Gasteiger partial charge in [0, 0.05) is 0 Å². The Morgan fingerprint density at radius 1 is 1.33 bits per heavy atom. The molecule has 0 saturated heterocycles. The lowest BCUT2D eigenvalue weighted by atomic mass is 10.1. The van der Waals surface area contributed by atoms with E-state index in [1.807, 2.05) is 21.0 Å². The number of carbonyl (C=O) groups is 2. The summed E-state index contributed by atoms with van der Waals surface area (Å²) in [5, 5.41) is 2.73. The Balaban J connectivity index is 2.99. The molecule has 0 aromatic heterocycles. The van der Waals surface area contributed by atoms with Crippen LogP contribution >= 0.6 is 0 Å². The van der Waals surface area contributed by atoms with Gasteiger partial charge in [-0.05, 0) is 45.6 Å². The smallest absolute Gasteiger partial charge is 0.250 e. The number of primary amides is 1. The van der Waals surface area contributed by atoms with Crippen molar-refractivity contribution in [2.45, 2.75) is 19.9 Å². The number of amides is 2. The van der Waals surface area contributed by atoms with E-state index in [9.17, 15) is 9.59 Å². The Morgan fingerprint density at radius 3 is 2.44 bits per heavy atom. The van der Waals surface area contributed by atoms with Gasteiger partial charge in [0.25, 0.3) is 5.91 Å². The zero-order valence-corrected chi connectivity index (χ0v) is 11.2. The van der Waals surface area contributed by atoms with Gasteiger partial charge < -0.3 is 11.1 Å². The first-order valence-electron chi connectivity index (χ1n) is 5.70. The molecule has 1 atom stereocenters. The van der Waals surface area contributed by atoms with E-state index in [4.69, 9.17) is 5.73 Å². The van der Waals surface area contributed by atoms with E-state index in [1.165, 1.54) is 0 Å². The summed E-state index contributed by atoms with van der Waals surface area (Å²) in [6.45, 7) is 3.67. The molecule has 1 rings (SSSR count). The fourth-order valence-electron chi connectivity index (χ4n) is 1.45. The summed E-state index contributed by atoms with van der Waals surface area (Å²) in [5.74, 6) is -0.726. The maximum absolute atomic E-state index is 11.9. The van der Waals surface area contributed by atoms with Gasteiger partial charge in [0.2, 0.25) is 5.91 Å². The van der Waals surface area contributed by atoms with Gasteiger partial charge in [0.1, 0.15) is 0 Å². The van der Waals surface area contributed by atoms with E-state index < -0.39 is 5.91 Å². The molecule has 5 heteroatoms. The topological polar surface area (TPSA) is 75.4 Å². The molecular formula is C13H19N3O2. The lowest BCUT2D eigenvalue weighted by Crippen LogP contribution is -2.37. The van der Waals surface area contributed by atoms with Gasteiger partial charge in [-0.15, -0.1) is 0 Å². The van der Waals surface area contributed by atoms with Crippen molar-refractivity contribution < 1.29 is 9.59 Å². The number of likely N-dealkylation sites (N-methyl/N-ethyl adjacent to an activating group) is 1. The number of nitrogens with one attached hydrogen (secondary N) is 1. The number of rotatable bonds is 4. The second-order valence-electron chi connectivity index (χ2n) is 4.54. The van der Waals surface area contributed by atoms with Crippen LogP contribution in [0, 0.1) is 6.92 Å². The second kappa shape index (κ2) is 5.64. The van der Waals surface area contributed by atoms with Gasteiger partial charge >= 0.3 is 0 Å². The molecule has 0 aliphatic heterocycles. The number of hydrogen-bond donors (Lipinski definition) is 2. The molecule has 0 spiro atoms. The molecule has 0 fully saturated rings. The summed E-state index contributed by atoms with van der Waals surface area (Å²) < 4.78 is 0. The van der Waals surface area contributed by atoms with Crippen LogP contribution in [0.15, 0.2) is 18.2 Å². The van der Waals surface area contributed by atoms with Crippen molar-refractivity contribution in [1.82, 2.24) is 4.90 Å². The van der Waals surface area contributed by atoms with Crippen molar-refractivity contribution >= 4 is 17.5 Å². The van der Waals surface area contributed by atoms with Crippen LogP contribution in [-0.2, 0) is 4.79 Å². The van der Waals surface area contributed by atoms with E-state index in [0.717, 1.165) is 5.56 Å². The quantitative estimate of drug-likeness (QED) is 0.835. The molecule has 1 aromatic rings. The largest absolute Gasteiger partial charge is 0.366 e. The first-order valence-corrected chi connectivity index (χ1v) is 5.70. The van der Waals surface area contributed by atoms with Crippen LogP contribution in [0.2, 0.25) is 0 Å². The second-order valence-corrected chi connectivity index (χ2v) is 4.54. The number of aryl methyl sites for hydroxylation is 1. The van der Waals surface area contributed by atoms with Crippen molar-refractivity contribution in [1.29, 1.82) is 0 Å². The predicted octanol–water partition coefficient (Wildman–Crippen LogP) is 0.983. The molecule has 2 amide bonds. The molecule has 1 aromatic carbocycles. The number of benzene rings is 1. The molecule has 98 valence electrons. The number of anilines is 1. The SMILES string of the molecule is Cc1ccc(C(N)=O)c(NC(=O)C(C)N(C)C)c1. The fraction of sp³-hybridized carbons (Fsp3) is 0.385. The minimum atomic E-state index is -0.553. The lowest BCUT2D eigenvalue weighted by molar-refractivity contribution is -0.119. The monoisotopic (exact) mass is 249 g/mol. The summed E-state index contributed by atoms with van der Waals surface area (Å²) in [5.41, 5.74) is 7.01. The van der Waals surface area contributed by atoms with Gasteiger partial charge in [-0.2, -0.15) is 0 Å². The molecule has 1 unspecified atom stereocenters. The fourth-order valence-corrected chi connectivity index (χ4v) is 1.45. The van der Waals surface area contributed by atoms with E-state index in [-0.39, 0.29) is 11.9 Å². The highest BCUT2D eigenvalue weighted by Gasteiger charge is 2.17. The molecular weight excluding hydrogens is 230 g/mol. The lowest BCUT2D eigenvalue weighted by Gasteiger charge is -2.19. The number of hydrogen-bond acceptors (Lipinski definition) is 3. The first kappa shape index (κ1) is 14.2. The predicted molar refractivity (Wildman–Crippen MR) is 71.5 cm³/mol. The van der Waals surface area contributed by atoms with Crippen molar-refractivity contribution in [3.8, 4) is 0 Å². The van der Waals surface area contributed by atoms with Gasteiger partial charge in [0.15, 0.2) is 0 Å². The molecule has 0 saturated carbocycles. The van der Waals surface area contributed by atoms with Crippen molar-refractivity contribution in [3.63, 3.8) is 0 Å². The van der Waals surface area contributed by atoms with Crippen LogP contribution in [0.5, 0.6) is 0 Å². The molecule has 5 nitrogen and oxygen atoms in total. The van der Waals surface area contributed by atoms with Crippen molar-refractivity contribution in [2.75, 3.05) is 19.4 Å². The summed E-state index contributed by atoms with van der Waals surface area (Å²) in [4.78, 5) is 25.0. The maximum Gasteiger partial charge on any atom is 0.250 e. The summed E-state index contributed by atoms with van der Waals surface area (Å²) >= 11 is 0. The number of carbonyl (C=O) groups excluding carboxylic acids is 2. The van der Waals surface area contributed by atoms with Crippen LogP contribution in [0.25, 0.3) is 0 Å². The summed E-state index contributed by atoms with van der Waals surface area (Å²) in [7, 11) is 3.63. The highest BCUT2D eigenvalue weighted by atomic mass is 16.2. The average molecular weight is 249 g/mol. The molecule has 0 aliphatic rings. The van der Waals surface area contributed by atoms with Gasteiger partial charge in [-0.25, -0.2) is 0 Å². The Bertz CT molecular complexity index is 469. The molecule has 0 bridgehead atoms. The third-order valence-corrected chi connectivity index (χ3v) is 2.85. The Labute approximate surface area is 107 Å². The van der Waals surface area contributed by atoms with Gasteiger partial charge in [0.05, 0.1) is 17.3 Å². The molecule has 0 heterocycles. The average Bonchev–Trinajstić information content (AvgIpc) is 2.27. The van der Waals surface area contributed by atoms with E-state index in [1.54, 1.807) is 30.0 Å². The molecule has 0 aliphatic carbocycles. The zero-order valence-electron chi connectivity index (χ0n) is 11.2. The van der Waals surface area contributed by atoms with Gasteiger partial charge in [-0.1, -0.05) is 6.07 Å². The third kappa shape index (κ3) is 3.30. The third-order valence-electron chi connectivity index (χ3n) is 2.85. The summed E-state index contributed by atoms with van der Waals surface area (Å²) in [6.07, 6.45) is 0. The van der Waals surface area contributed by atoms with Crippen LogP contribution in [0.4, 0.5) is 5.69 Å². The van der Waals surface area contributed by atoms with Crippen LogP contribution < -0.4 is 11.1 Å². The maximum atomic E-state index is 11.9. The van der Waals surface area contributed by atoms with Crippen molar-refractivity contribution in [3.05, 3.63) is 29.3 Å². The minimum absolute atomic E-state index is 0.173. The van der Waals surface area contributed by atoms with Crippen LogP contribution in [0.1, 0.15) is 22.8 Å². The highest BCUT2D eigenvalue weighted by Crippen LogP contribution is 2.17. The molecule has 0 radical (unpaired) electrons. The normalized spacial score (nSPS) is 12.3. The molecule has 18 heavy (non-hydrogen) atoms. The summed E-state index contributed by atoms with van der Waals surface area (Å²) in [6, 6.07) is 4.85. The Kier molecular flexibility index (Phi) is 4.44. The van der Waals surface area contributed by atoms with E-state index in [0.29, 0.717) is 11.3 Å². The Hall–Kier alpha value is -1.88.